The molecule has 0 aliphatic heterocycles. The molecule has 0 radical (unpaired) electrons. The van der Waals surface area contributed by atoms with Crippen LogP contribution in [0.2, 0.25) is 0 Å². The molecule has 2 aromatic rings. The molecule has 0 saturated heterocycles. The van der Waals surface area contributed by atoms with E-state index in [2.05, 4.69) is 5.32 Å². The van der Waals surface area contributed by atoms with E-state index in [0.717, 1.165) is 11.3 Å². The van der Waals surface area contributed by atoms with Crippen LogP contribution >= 0.6 is 11.3 Å². The van der Waals surface area contributed by atoms with Crippen LogP contribution in [0, 0.1) is 17.0 Å². The van der Waals surface area contributed by atoms with E-state index in [1.54, 1.807) is 13.0 Å². The van der Waals surface area contributed by atoms with Crippen molar-refractivity contribution in [3.63, 3.8) is 0 Å². The van der Waals surface area contributed by atoms with E-state index in [4.69, 9.17) is 5.11 Å². The maximum Gasteiger partial charge on any atom is 0.345 e. The number of nitrogens with zero attached hydrogens (tertiary/aromatic N) is 1. The summed E-state index contributed by atoms with van der Waals surface area (Å²) in [6.45, 7) is 1.72. The molecule has 2 N–H and O–H groups in total. The zero-order chi connectivity index (χ0) is 15.6. The maximum absolute atomic E-state index is 12.1. The highest BCUT2D eigenvalue weighted by Gasteiger charge is 2.21. The third-order valence-electron chi connectivity index (χ3n) is 2.65. The van der Waals surface area contributed by atoms with Crippen molar-refractivity contribution in [1.82, 2.24) is 0 Å². The lowest BCUT2D eigenvalue weighted by atomic mass is 10.1. The summed E-state index contributed by atoms with van der Waals surface area (Å²) in [5.74, 6) is -1.74. The standard InChI is InChI=1S/C13H10N2O5S/c1-7-2-3-9(15(19)20)8(6-7)12(16)14-11-5-4-10(21-11)13(17)18/h2-6H,1H3,(H,14,16)(H,17,18). The average molecular weight is 306 g/mol. The number of anilines is 1. The largest absolute Gasteiger partial charge is 0.477 e. The minimum absolute atomic E-state index is 0.0646. The van der Waals surface area contributed by atoms with Gasteiger partial charge in [-0.1, -0.05) is 6.07 Å². The summed E-state index contributed by atoms with van der Waals surface area (Å²) < 4.78 is 0. The number of carbonyl (C=O) groups is 2. The third-order valence-corrected chi connectivity index (χ3v) is 3.64. The van der Waals surface area contributed by atoms with Gasteiger partial charge in [-0.2, -0.15) is 0 Å². The summed E-state index contributed by atoms with van der Waals surface area (Å²) in [5.41, 5.74) is 0.349. The topological polar surface area (TPSA) is 110 Å². The smallest absolute Gasteiger partial charge is 0.345 e. The molecular formula is C13H10N2O5S. The van der Waals surface area contributed by atoms with Crippen LogP contribution in [0.5, 0.6) is 0 Å². The predicted octanol–water partition coefficient (Wildman–Crippen LogP) is 2.92. The number of nitro groups is 1. The Labute approximate surface area is 123 Å². The Morgan fingerprint density at radius 3 is 2.57 bits per heavy atom. The first-order valence-corrected chi connectivity index (χ1v) is 6.59. The van der Waals surface area contributed by atoms with E-state index < -0.39 is 16.8 Å². The minimum atomic E-state index is -1.10. The molecule has 0 aliphatic rings. The van der Waals surface area contributed by atoms with Gasteiger partial charge in [-0.05, 0) is 30.7 Å². The monoisotopic (exact) mass is 306 g/mol. The lowest BCUT2D eigenvalue weighted by Gasteiger charge is -2.04. The number of amides is 1. The number of rotatable bonds is 4. The molecule has 7 nitrogen and oxygen atoms in total. The van der Waals surface area contributed by atoms with Gasteiger partial charge in [0.1, 0.15) is 10.4 Å². The van der Waals surface area contributed by atoms with E-state index in [9.17, 15) is 19.7 Å². The molecular weight excluding hydrogens is 296 g/mol. The number of hydrogen-bond donors (Lipinski definition) is 2. The summed E-state index contributed by atoms with van der Waals surface area (Å²) in [7, 11) is 0. The molecule has 0 fully saturated rings. The quantitative estimate of drug-likeness (QED) is 0.666. The summed E-state index contributed by atoms with van der Waals surface area (Å²) >= 11 is 0.881. The van der Waals surface area contributed by atoms with Gasteiger partial charge in [0.2, 0.25) is 0 Å². The molecule has 0 aliphatic carbocycles. The predicted molar refractivity (Wildman–Crippen MR) is 77.1 cm³/mol. The Morgan fingerprint density at radius 1 is 1.29 bits per heavy atom. The van der Waals surface area contributed by atoms with E-state index in [0.29, 0.717) is 10.6 Å². The molecule has 0 bridgehead atoms. The molecule has 0 saturated carbocycles. The minimum Gasteiger partial charge on any atom is -0.477 e. The van der Waals surface area contributed by atoms with Crippen LogP contribution in [0.15, 0.2) is 30.3 Å². The highest BCUT2D eigenvalue weighted by molar-refractivity contribution is 7.18. The molecule has 1 aromatic carbocycles. The van der Waals surface area contributed by atoms with E-state index in [-0.39, 0.29) is 16.1 Å². The van der Waals surface area contributed by atoms with Gasteiger partial charge in [0.25, 0.3) is 11.6 Å². The van der Waals surface area contributed by atoms with Crippen molar-refractivity contribution >= 4 is 33.9 Å². The molecule has 1 aromatic heterocycles. The van der Waals surface area contributed by atoms with Crippen LogP contribution in [0.1, 0.15) is 25.6 Å². The number of nitrogens with one attached hydrogen (secondary N) is 1. The zero-order valence-corrected chi connectivity index (χ0v) is 11.6. The molecule has 2 rings (SSSR count). The van der Waals surface area contributed by atoms with Crippen LogP contribution in [0.4, 0.5) is 10.7 Å². The Morgan fingerprint density at radius 2 is 2.00 bits per heavy atom. The van der Waals surface area contributed by atoms with Gasteiger partial charge >= 0.3 is 5.97 Å². The summed E-state index contributed by atoms with van der Waals surface area (Å²) in [6, 6.07) is 7.02. The van der Waals surface area contributed by atoms with Gasteiger partial charge in [-0.25, -0.2) is 4.79 Å². The van der Waals surface area contributed by atoms with Crippen molar-refractivity contribution in [2.75, 3.05) is 5.32 Å². The van der Waals surface area contributed by atoms with Gasteiger partial charge in [0, 0.05) is 6.07 Å². The van der Waals surface area contributed by atoms with Crippen molar-refractivity contribution in [3.8, 4) is 0 Å². The van der Waals surface area contributed by atoms with Gasteiger partial charge in [0.05, 0.1) is 9.92 Å². The normalized spacial score (nSPS) is 10.1. The second-order valence-electron chi connectivity index (χ2n) is 4.20. The number of aromatic carboxylic acids is 1. The summed E-state index contributed by atoms with van der Waals surface area (Å²) in [4.78, 5) is 33.3. The lowest BCUT2D eigenvalue weighted by Crippen LogP contribution is -2.13. The Hall–Kier alpha value is -2.74. The molecule has 108 valence electrons. The van der Waals surface area contributed by atoms with Crippen molar-refractivity contribution in [1.29, 1.82) is 0 Å². The van der Waals surface area contributed by atoms with Gasteiger partial charge in [-0.15, -0.1) is 11.3 Å². The molecule has 0 spiro atoms. The van der Waals surface area contributed by atoms with Crippen LogP contribution in [0.3, 0.4) is 0 Å². The first kappa shape index (κ1) is 14.7. The Kier molecular flexibility index (Phi) is 3.99. The van der Waals surface area contributed by atoms with Crippen LogP contribution in [-0.2, 0) is 0 Å². The number of benzene rings is 1. The summed E-state index contributed by atoms with van der Waals surface area (Å²) in [5, 5.41) is 22.5. The Bertz CT molecular complexity index is 738. The number of aryl methyl sites for hydroxylation is 1. The van der Waals surface area contributed by atoms with Crippen molar-refractivity contribution in [2.45, 2.75) is 6.92 Å². The number of nitro benzene ring substituents is 1. The van der Waals surface area contributed by atoms with Crippen molar-refractivity contribution in [3.05, 3.63) is 56.5 Å². The Balaban J connectivity index is 2.29. The molecule has 1 amide bonds. The van der Waals surface area contributed by atoms with Gasteiger partial charge < -0.3 is 10.4 Å². The first-order valence-electron chi connectivity index (χ1n) is 5.78. The van der Waals surface area contributed by atoms with Crippen molar-refractivity contribution in [2.24, 2.45) is 0 Å². The SMILES string of the molecule is Cc1ccc([N+](=O)[O-])c(C(=O)Nc2ccc(C(=O)O)s2)c1. The van der Waals surface area contributed by atoms with Crippen LogP contribution < -0.4 is 5.32 Å². The van der Waals surface area contributed by atoms with E-state index in [1.165, 1.54) is 24.3 Å². The summed E-state index contributed by atoms with van der Waals surface area (Å²) in [6.07, 6.45) is 0. The number of thiophene rings is 1. The fourth-order valence-corrected chi connectivity index (χ4v) is 2.43. The first-order chi connectivity index (χ1) is 9.88. The third kappa shape index (κ3) is 3.23. The fraction of sp³-hybridized carbons (Fsp3) is 0.0769. The van der Waals surface area contributed by atoms with Crippen LogP contribution in [-0.4, -0.2) is 21.9 Å². The molecule has 0 atom stereocenters. The highest BCUT2D eigenvalue weighted by atomic mass is 32.1. The van der Waals surface area contributed by atoms with Crippen molar-refractivity contribution < 1.29 is 19.6 Å². The highest BCUT2D eigenvalue weighted by Crippen LogP contribution is 2.25. The molecule has 21 heavy (non-hydrogen) atoms. The second-order valence-corrected chi connectivity index (χ2v) is 5.28. The second kappa shape index (κ2) is 5.71. The maximum atomic E-state index is 12.1. The average Bonchev–Trinajstić information content (AvgIpc) is 2.86. The number of hydrogen-bond acceptors (Lipinski definition) is 5. The molecule has 1 heterocycles. The fourth-order valence-electron chi connectivity index (χ4n) is 1.69. The number of carbonyl (C=O) groups excluding carboxylic acids is 1. The molecule has 0 unspecified atom stereocenters. The van der Waals surface area contributed by atoms with E-state index in [1.807, 2.05) is 0 Å². The van der Waals surface area contributed by atoms with Gasteiger partial charge in [-0.3, -0.25) is 14.9 Å². The lowest BCUT2D eigenvalue weighted by molar-refractivity contribution is -0.385. The number of carboxylic acid groups (broad SMARTS) is 1. The zero-order valence-electron chi connectivity index (χ0n) is 10.8. The number of carboxylic acids is 1. The molecule has 8 heteroatoms. The van der Waals surface area contributed by atoms with Gasteiger partial charge in [0.15, 0.2) is 0 Å². The van der Waals surface area contributed by atoms with E-state index >= 15 is 0 Å². The van der Waals surface area contributed by atoms with Crippen LogP contribution in [0.25, 0.3) is 0 Å².